The normalized spacial score (nSPS) is 13.6. The van der Waals surface area contributed by atoms with Gasteiger partial charge in [0.15, 0.2) is 0 Å². The van der Waals surface area contributed by atoms with Crippen LogP contribution in [0, 0.1) is 0 Å². The Labute approximate surface area is 145 Å². The van der Waals surface area contributed by atoms with Crippen LogP contribution in [0.2, 0.25) is 0 Å². The van der Waals surface area contributed by atoms with E-state index in [2.05, 4.69) is 5.32 Å². The number of hydrogen-bond acceptors (Lipinski definition) is 4. The molecule has 2 aromatic rings. The number of fused-ring (bicyclic) bond motifs is 3. The molecule has 0 bridgehead atoms. The Morgan fingerprint density at radius 2 is 1.60 bits per heavy atom. The summed E-state index contributed by atoms with van der Waals surface area (Å²) in [6.45, 7) is -0.216. The van der Waals surface area contributed by atoms with E-state index in [0.717, 1.165) is 22.3 Å². The Morgan fingerprint density at radius 1 is 1.04 bits per heavy atom. The van der Waals surface area contributed by atoms with Crippen molar-refractivity contribution >= 4 is 12.1 Å². The number of carbonyl (C=O) groups excluding carboxylic acids is 1. The number of benzene rings is 2. The van der Waals surface area contributed by atoms with Crippen LogP contribution in [0.3, 0.4) is 0 Å². The van der Waals surface area contributed by atoms with Crippen LogP contribution < -0.4 is 5.32 Å². The van der Waals surface area contributed by atoms with Gasteiger partial charge in [-0.3, -0.25) is 0 Å². The highest BCUT2D eigenvalue weighted by Gasteiger charge is 2.29. The summed E-state index contributed by atoms with van der Waals surface area (Å²) in [4.78, 5) is 23.0. The maximum atomic E-state index is 11.9. The lowest BCUT2D eigenvalue weighted by molar-refractivity contribution is -0.139. The first-order valence-corrected chi connectivity index (χ1v) is 8.07. The number of hydrogen-bond donors (Lipinski definition) is 3. The summed E-state index contributed by atoms with van der Waals surface area (Å²) in [5, 5.41) is 20.1. The molecular formula is C19H19NO5. The van der Waals surface area contributed by atoms with Crippen LogP contribution in [0.1, 0.15) is 23.5 Å². The average Bonchev–Trinajstić information content (AvgIpc) is 2.93. The summed E-state index contributed by atoms with van der Waals surface area (Å²) < 4.78 is 5.27. The van der Waals surface area contributed by atoms with Gasteiger partial charge in [-0.1, -0.05) is 48.5 Å². The molecule has 0 saturated heterocycles. The molecule has 6 nitrogen and oxygen atoms in total. The molecular weight excluding hydrogens is 322 g/mol. The molecule has 0 aromatic heterocycles. The molecule has 0 aliphatic heterocycles. The molecule has 3 rings (SSSR count). The molecule has 2 aromatic carbocycles. The summed E-state index contributed by atoms with van der Waals surface area (Å²) in [5.41, 5.74) is 4.41. The fourth-order valence-corrected chi connectivity index (χ4v) is 3.17. The summed E-state index contributed by atoms with van der Waals surface area (Å²) in [6.07, 6.45) is -0.873. The van der Waals surface area contributed by atoms with Gasteiger partial charge in [0.25, 0.3) is 0 Å². The van der Waals surface area contributed by atoms with E-state index < -0.39 is 18.1 Å². The van der Waals surface area contributed by atoms with Gasteiger partial charge in [0.1, 0.15) is 12.6 Å². The van der Waals surface area contributed by atoms with E-state index >= 15 is 0 Å². The fourth-order valence-electron chi connectivity index (χ4n) is 3.17. The first-order valence-electron chi connectivity index (χ1n) is 8.07. The Kier molecular flexibility index (Phi) is 5.00. The predicted molar refractivity (Wildman–Crippen MR) is 91.3 cm³/mol. The second-order valence-corrected chi connectivity index (χ2v) is 5.87. The number of ether oxygens (including phenoxy) is 1. The minimum atomic E-state index is -1.21. The first-order chi connectivity index (χ1) is 12.1. The van der Waals surface area contributed by atoms with Crippen molar-refractivity contribution in [3.63, 3.8) is 0 Å². The fraction of sp³-hybridized carbons (Fsp3) is 0.263. The summed E-state index contributed by atoms with van der Waals surface area (Å²) in [6, 6.07) is 14.8. The molecule has 0 saturated carbocycles. The van der Waals surface area contributed by atoms with E-state index in [-0.39, 0.29) is 25.6 Å². The molecule has 130 valence electrons. The number of aliphatic hydroxyl groups is 1. The number of amides is 1. The largest absolute Gasteiger partial charge is 0.480 e. The highest BCUT2D eigenvalue weighted by atomic mass is 16.5. The predicted octanol–water partition coefficient (Wildman–Crippen LogP) is 2.36. The first kappa shape index (κ1) is 17.0. The van der Waals surface area contributed by atoms with Crippen molar-refractivity contribution in [2.24, 2.45) is 0 Å². The number of nitrogens with one attached hydrogen (secondary N) is 1. The third kappa shape index (κ3) is 3.49. The zero-order chi connectivity index (χ0) is 17.8. The Balaban J connectivity index is 1.71. The van der Waals surface area contributed by atoms with Crippen LogP contribution >= 0.6 is 0 Å². The molecule has 0 fully saturated rings. The van der Waals surface area contributed by atoms with Crippen LogP contribution in [0.15, 0.2) is 48.5 Å². The SMILES string of the molecule is O=C(NC(CCO)C(=O)O)OCC1c2ccccc2-c2ccccc21. The van der Waals surface area contributed by atoms with Gasteiger partial charge < -0.3 is 20.3 Å². The van der Waals surface area contributed by atoms with Gasteiger partial charge in [0.05, 0.1) is 0 Å². The van der Waals surface area contributed by atoms with Gasteiger partial charge in [-0.2, -0.15) is 0 Å². The van der Waals surface area contributed by atoms with Gasteiger partial charge in [-0.05, 0) is 22.3 Å². The molecule has 0 heterocycles. The minimum Gasteiger partial charge on any atom is -0.480 e. The lowest BCUT2D eigenvalue weighted by Crippen LogP contribution is -2.42. The molecule has 6 heteroatoms. The van der Waals surface area contributed by atoms with Crippen molar-refractivity contribution in [1.29, 1.82) is 0 Å². The quantitative estimate of drug-likeness (QED) is 0.750. The van der Waals surface area contributed by atoms with Crippen LogP contribution in [0.5, 0.6) is 0 Å². The third-order valence-corrected chi connectivity index (χ3v) is 4.35. The number of carbonyl (C=O) groups is 2. The molecule has 25 heavy (non-hydrogen) atoms. The number of alkyl carbamates (subject to hydrolysis) is 1. The summed E-state index contributed by atoms with van der Waals surface area (Å²) in [5.74, 6) is -1.29. The van der Waals surface area contributed by atoms with E-state index in [1.807, 2.05) is 48.5 Å². The molecule has 0 radical (unpaired) electrons. The highest BCUT2D eigenvalue weighted by Crippen LogP contribution is 2.44. The van der Waals surface area contributed by atoms with Gasteiger partial charge in [-0.25, -0.2) is 9.59 Å². The Morgan fingerprint density at radius 3 is 2.12 bits per heavy atom. The molecule has 3 N–H and O–H groups in total. The maximum absolute atomic E-state index is 11.9. The van der Waals surface area contributed by atoms with E-state index in [0.29, 0.717) is 0 Å². The van der Waals surface area contributed by atoms with Gasteiger partial charge >= 0.3 is 12.1 Å². The molecule has 1 atom stereocenters. The third-order valence-electron chi connectivity index (χ3n) is 4.35. The van der Waals surface area contributed by atoms with E-state index in [1.165, 1.54) is 0 Å². The van der Waals surface area contributed by atoms with Crippen molar-refractivity contribution < 1.29 is 24.5 Å². The van der Waals surface area contributed by atoms with E-state index in [9.17, 15) is 9.59 Å². The second kappa shape index (κ2) is 7.36. The monoisotopic (exact) mass is 341 g/mol. The highest BCUT2D eigenvalue weighted by molar-refractivity contribution is 5.81. The number of rotatable bonds is 6. The molecule has 1 amide bonds. The average molecular weight is 341 g/mol. The van der Waals surface area contributed by atoms with Crippen LogP contribution in [-0.4, -0.2) is 41.5 Å². The van der Waals surface area contributed by atoms with Gasteiger partial charge in [0.2, 0.25) is 0 Å². The number of aliphatic hydroxyl groups excluding tert-OH is 1. The second-order valence-electron chi connectivity index (χ2n) is 5.87. The van der Waals surface area contributed by atoms with Crippen LogP contribution in [0.4, 0.5) is 4.79 Å². The van der Waals surface area contributed by atoms with E-state index in [4.69, 9.17) is 14.9 Å². The Bertz CT molecular complexity index is 743. The minimum absolute atomic E-state index is 0.0699. The van der Waals surface area contributed by atoms with Gasteiger partial charge in [-0.15, -0.1) is 0 Å². The smallest absolute Gasteiger partial charge is 0.407 e. The van der Waals surface area contributed by atoms with Crippen LogP contribution in [-0.2, 0) is 9.53 Å². The molecule has 0 spiro atoms. The number of carboxylic acid groups (broad SMARTS) is 1. The topological polar surface area (TPSA) is 95.9 Å². The standard InChI is InChI=1S/C19H19NO5/c21-10-9-17(18(22)23)20-19(24)25-11-16-14-7-3-1-5-12(14)13-6-2-4-8-15(13)16/h1-8,16-17,21H,9-11H2,(H,20,24)(H,22,23). The van der Waals surface area contributed by atoms with Crippen molar-refractivity contribution in [2.45, 2.75) is 18.4 Å². The molecule has 1 unspecified atom stereocenters. The van der Waals surface area contributed by atoms with Crippen LogP contribution in [0.25, 0.3) is 11.1 Å². The zero-order valence-corrected chi connectivity index (χ0v) is 13.5. The summed E-state index contributed by atoms with van der Waals surface area (Å²) >= 11 is 0. The summed E-state index contributed by atoms with van der Waals surface area (Å²) in [7, 11) is 0. The van der Waals surface area contributed by atoms with Gasteiger partial charge in [0, 0.05) is 18.9 Å². The van der Waals surface area contributed by atoms with Crippen molar-refractivity contribution in [2.75, 3.05) is 13.2 Å². The maximum Gasteiger partial charge on any atom is 0.407 e. The molecule has 1 aliphatic rings. The van der Waals surface area contributed by atoms with Crippen molar-refractivity contribution in [1.82, 2.24) is 5.32 Å². The van der Waals surface area contributed by atoms with E-state index in [1.54, 1.807) is 0 Å². The lowest BCUT2D eigenvalue weighted by atomic mass is 9.98. The number of carboxylic acids is 1. The van der Waals surface area contributed by atoms with Crippen molar-refractivity contribution in [3.05, 3.63) is 59.7 Å². The number of aliphatic carboxylic acids is 1. The van der Waals surface area contributed by atoms with Crippen molar-refractivity contribution in [3.8, 4) is 11.1 Å². The lowest BCUT2D eigenvalue weighted by Gasteiger charge is -2.17. The molecule has 1 aliphatic carbocycles. The Hall–Kier alpha value is -2.86. The zero-order valence-electron chi connectivity index (χ0n) is 13.5.